The van der Waals surface area contributed by atoms with Crippen molar-refractivity contribution in [1.29, 1.82) is 0 Å². The highest BCUT2D eigenvalue weighted by Crippen LogP contribution is 2.21. The fourth-order valence-corrected chi connectivity index (χ4v) is 3.51. The molecular weight excluding hydrogens is 262 g/mol. The van der Waals surface area contributed by atoms with Gasteiger partial charge < -0.3 is 10.2 Å². The average Bonchev–Trinajstić information content (AvgIpc) is 2.75. The number of hydrogen-bond donors (Lipinski definition) is 1. The quantitative estimate of drug-likeness (QED) is 0.890. The van der Waals surface area contributed by atoms with Gasteiger partial charge in [-0.3, -0.25) is 4.90 Å². The third kappa shape index (κ3) is 3.71. The van der Waals surface area contributed by atoms with E-state index in [4.69, 9.17) is 0 Å². The van der Waals surface area contributed by atoms with Crippen LogP contribution in [0, 0.1) is 13.8 Å². The number of nitrogens with one attached hydrogen (secondary N) is 1. The molecule has 2 aliphatic rings. The smallest absolute Gasteiger partial charge is 0.225 e. The molecule has 0 amide bonds. The normalized spacial score (nSPS) is 22.3. The van der Waals surface area contributed by atoms with Gasteiger partial charge in [-0.25, -0.2) is 9.97 Å². The van der Waals surface area contributed by atoms with Gasteiger partial charge in [0.05, 0.1) is 0 Å². The molecule has 0 spiro atoms. The van der Waals surface area contributed by atoms with Crippen LogP contribution in [0.4, 0.5) is 5.95 Å². The van der Waals surface area contributed by atoms with Crippen LogP contribution in [0.2, 0.25) is 0 Å². The highest BCUT2D eigenvalue weighted by molar-refractivity contribution is 5.32. The predicted octanol–water partition coefficient (Wildman–Crippen LogP) is 1.36. The van der Waals surface area contributed by atoms with Gasteiger partial charge in [0.15, 0.2) is 0 Å². The summed E-state index contributed by atoms with van der Waals surface area (Å²) in [6, 6.07) is 2.78. The Morgan fingerprint density at radius 3 is 2.43 bits per heavy atom. The summed E-state index contributed by atoms with van der Waals surface area (Å²) in [6.07, 6.45) is 3.74. The van der Waals surface area contributed by atoms with Crippen LogP contribution < -0.4 is 10.2 Å². The monoisotopic (exact) mass is 289 g/mol. The zero-order valence-corrected chi connectivity index (χ0v) is 13.3. The van der Waals surface area contributed by atoms with E-state index in [1.165, 1.54) is 38.9 Å². The van der Waals surface area contributed by atoms with Crippen LogP contribution in [0.15, 0.2) is 6.07 Å². The third-order valence-corrected chi connectivity index (χ3v) is 4.61. The molecule has 0 aliphatic carbocycles. The molecule has 2 fully saturated rings. The molecule has 0 saturated carbocycles. The first-order valence-corrected chi connectivity index (χ1v) is 8.24. The van der Waals surface area contributed by atoms with Crippen LogP contribution in [0.3, 0.4) is 0 Å². The first-order chi connectivity index (χ1) is 10.2. The standard InChI is InChI=1S/C16H27N5/c1-13-12-14(2)19-16(18-13)21-9-4-15(5-10-21)20-8-3-6-17-7-11-20/h12,15,17H,3-11H2,1-2H3. The van der Waals surface area contributed by atoms with Gasteiger partial charge in [0.2, 0.25) is 5.95 Å². The van der Waals surface area contributed by atoms with Crippen molar-refractivity contribution in [2.24, 2.45) is 0 Å². The van der Waals surface area contributed by atoms with Gasteiger partial charge in [0.1, 0.15) is 0 Å². The summed E-state index contributed by atoms with van der Waals surface area (Å²) in [4.78, 5) is 14.2. The van der Waals surface area contributed by atoms with Gasteiger partial charge >= 0.3 is 0 Å². The summed E-state index contributed by atoms with van der Waals surface area (Å²) in [6.45, 7) is 11.0. The van der Waals surface area contributed by atoms with E-state index in [1.807, 2.05) is 6.07 Å². The number of rotatable bonds is 2. The largest absolute Gasteiger partial charge is 0.341 e. The zero-order valence-electron chi connectivity index (χ0n) is 13.3. The minimum absolute atomic E-state index is 0.743. The Bertz CT molecular complexity index is 439. The second-order valence-electron chi connectivity index (χ2n) is 6.31. The van der Waals surface area contributed by atoms with E-state index in [0.29, 0.717) is 0 Å². The summed E-state index contributed by atoms with van der Waals surface area (Å²) in [5.74, 6) is 0.920. The predicted molar refractivity (Wildman–Crippen MR) is 85.8 cm³/mol. The average molecular weight is 289 g/mol. The molecule has 2 saturated heterocycles. The Labute approximate surface area is 127 Å². The molecule has 21 heavy (non-hydrogen) atoms. The molecule has 1 aromatic heterocycles. The maximum absolute atomic E-state index is 4.60. The van der Waals surface area contributed by atoms with Crippen molar-refractivity contribution in [3.63, 3.8) is 0 Å². The fourth-order valence-electron chi connectivity index (χ4n) is 3.51. The third-order valence-electron chi connectivity index (χ3n) is 4.61. The summed E-state index contributed by atoms with van der Waals surface area (Å²) in [7, 11) is 0. The first kappa shape index (κ1) is 14.7. The van der Waals surface area contributed by atoms with Crippen LogP contribution in [-0.4, -0.2) is 60.2 Å². The Hall–Kier alpha value is -1.20. The first-order valence-electron chi connectivity index (χ1n) is 8.24. The lowest BCUT2D eigenvalue weighted by molar-refractivity contribution is 0.179. The van der Waals surface area contributed by atoms with Crippen molar-refractivity contribution in [1.82, 2.24) is 20.2 Å². The van der Waals surface area contributed by atoms with E-state index in [-0.39, 0.29) is 0 Å². The highest BCUT2D eigenvalue weighted by atomic mass is 15.3. The SMILES string of the molecule is Cc1cc(C)nc(N2CCC(N3CCCNCC3)CC2)n1. The van der Waals surface area contributed by atoms with E-state index in [0.717, 1.165) is 43.0 Å². The van der Waals surface area contributed by atoms with Gasteiger partial charge in [0.25, 0.3) is 0 Å². The van der Waals surface area contributed by atoms with Crippen molar-refractivity contribution in [2.75, 3.05) is 44.2 Å². The van der Waals surface area contributed by atoms with Crippen molar-refractivity contribution < 1.29 is 0 Å². The molecule has 1 N–H and O–H groups in total. The Balaban J connectivity index is 1.59. The van der Waals surface area contributed by atoms with Crippen LogP contribution in [0.1, 0.15) is 30.7 Å². The van der Waals surface area contributed by atoms with Gasteiger partial charge in [-0.15, -0.1) is 0 Å². The number of hydrogen-bond acceptors (Lipinski definition) is 5. The number of anilines is 1. The molecule has 0 atom stereocenters. The Kier molecular flexibility index (Phi) is 4.70. The van der Waals surface area contributed by atoms with Crippen LogP contribution >= 0.6 is 0 Å². The van der Waals surface area contributed by atoms with Crippen LogP contribution in [-0.2, 0) is 0 Å². The molecular formula is C16H27N5. The molecule has 1 aromatic rings. The van der Waals surface area contributed by atoms with E-state index < -0.39 is 0 Å². The van der Waals surface area contributed by atoms with E-state index in [9.17, 15) is 0 Å². The molecule has 5 heteroatoms. The lowest BCUT2D eigenvalue weighted by Gasteiger charge is -2.38. The van der Waals surface area contributed by atoms with E-state index >= 15 is 0 Å². The highest BCUT2D eigenvalue weighted by Gasteiger charge is 2.26. The summed E-state index contributed by atoms with van der Waals surface area (Å²) < 4.78 is 0. The van der Waals surface area contributed by atoms with Gasteiger partial charge in [-0.2, -0.15) is 0 Å². The second-order valence-corrected chi connectivity index (χ2v) is 6.31. The Morgan fingerprint density at radius 2 is 1.71 bits per heavy atom. The molecule has 0 bridgehead atoms. The van der Waals surface area contributed by atoms with Gasteiger partial charge in [-0.1, -0.05) is 0 Å². The minimum Gasteiger partial charge on any atom is -0.341 e. The molecule has 2 aliphatic heterocycles. The van der Waals surface area contributed by atoms with Crippen molar-refractivity contribution in [3.05, 3.63) is 17.5 Å². The molecule has 0 unspecified atom stereocenters. The maximum atomic E-state index is 4.60. The molecule has 3 heterocycles. The van der Waals surface area contributed by atoms with Crippen molar-refractivity contribution in [3.8, 4) is 0 Å². The van der Waals surface area contributed by atoms with E-state index in [2.05, 4.69) is 38.9 Å². The van der Waals surface area contributed by atoms with Crippen LogP contribution in [0.5, 0.6) is 0 Å². The Morgan fingerprint density at radius 1 is 1.00 bits per heavy atom. The fraction of sp³-hybridized carbons (Fsp3) is 0.750. The van der Waals surface area contributed by atoms with Gasteiger partial charge in [-0.05, 0) is 52.3 Å². The van der Waals surface area contributed by atoms with Crippen molar-refractivity contribution >= 4 is 5.95 Å². The number of aromatic nitrogens is 2. The summed E-state index contributed by atoms with van der Waals surface area (Å²) in [5, 5.41) is 3.49. The summed E-state index contributed by atoms with van der Waals surface area (Å²) in [5.41, 5.74) is 2.14. The number of piperidine rings is 1. The number of nitrogens with zero attached hydrogens (tertiary/aromatic N) is 4. The number of aryl methyl sites for hydroxylation is 2. The minimum atomic E-state index is 0.743. The molecule has 116 valence electrons. The maximum Gasteiger partial charge on any atom is 0.225 e. The molecule has 5 nitrogen and oxygen atoms in total. The second kappa shape index (κ2) is 6.71. The summed E-state index contributed by atoms with van der Waals surface area (Å²) >= 11 is 0. The molecule has 3 rings (SSSR count). The lowest BCUT2D eigenvalue weighted by atomic mass is 10.0. The van der Waals surface area contributed by atoms with Crippen LogP contribution in [0.25, 0.3) is 0 Å². The molecule has 0 aromatic carbocycles. The van der Waals surface area contributed by atoms with E-state index in [1.54, 1.807) is 0 Å². The van der Waals surface area contributed by atoms with Gasteiger partial charge in [0, 0.05) is 43.6 Å². The molecule has 0 radical (unpaired) electrons. The van der Waals surface area contributed by atoms with Crippen molar-refractivity contribution in [2.45, 2.75) is 39.2 Å². The zero-order chi connectivity index (χ0) is 14.7. The topological polar surface area (TPSA) is 44.3 Å². The lowest BCUT2D eigenvalue weighted by Crippen LogP contribution is -2.46.